The van der Waals surface area contributed by atoms with Crippen molar-refractivity contribution in [3.63, 3.8) is 0 Å². The molecule has 0 aliphatic carbocycles. The summed E-state index contributed by atoms with van der Waals surface area (Å²) in [6, 6.07) is 6.39. The Hall–Kier alpha value is -1.84. The van der Waals surface area contributed by atoms with E-state index in [-0.39, 0.29) is 11.8 Å². The van der Waals surface area contributed by atoms with Gasteiger partial charge in [0, 0.05) is 38.2 Å². The maximum Gasteiger partial charge on any atom is 0.224 e. The lowest BCUT2D eigenvalue weighted by atomic mass is 9.99. The van der Waals surface area contributed by atoms with Crippen LogP contribution in [0.4, 0.5) is 5.69 Å². The molecule has 132 valence electrons. The molecule has 0 aromatic heterocycles. The average Bonchev–Trinajstić information content (AvgIpc) is 2.57. The SMILES string of the molecule is CCC1CCCCN1C(=O)CCN(C(C)=O)c1ccc(C)c(C)c1. The molecule has 1 unspecified atom stereocenters. The summed E-state index contributed by atoms with van der Waals surface area (Å²) in [5.41, 5.74) is 3.24. The minimum atomic E-state index is -0.0169. The minimum absolute atomic E-state index is 0.0169. The van der Waals surface area contributed by atoms with Crippen LogP contribution in [0, 0.1) is 13.8 Å². The van der Waals surface area contributed by atoms with Crippen LogP contribution >= 0.6 is 0 Å². The molecule has 0 bridgehead atoms. The van der Waals surface area contributed by atoms with Gasteiger partial charge in [-0.05, 0) is 62.8 Å². The first-order chi connectivity index (χ1) is 11.4. The van der Waals surface area contributed by atoms with E-state index in [1.807, 2.05) is 30.0 Å². The Bertz CT molecular complexity index is 597. The molecule has 1 heterocycles. The number of rotatable bonds is 5. The topological polar surface area (TPSA) is 40.6 Å². The molecular formula is C20H30N2O2. The Morgan fingerprint density at radius 1 is 1.21 bits per heavy atom. The van der Waals surface area contributed by atoms with Crippen LogP contribution in [0.5, 0.6) is 0 Å². The van der Waals surface area contributed by atoms with Crippen molar-refractivity contribution in [1.29, 1.82) is 0 Å². The van der Waals surface area contributed by atoms with Crippen LogP contribution in [0.15, 0.2) is 18.2 Å². The average molecular weight is 330 g/mol. The first kappa shape index (κ1) is 18.5. The molecule has 1 aromatic rings. The third-order valence-corrected chi connectivity index (χ3v) is 5.15. The summed E-state index contributed by atoms with van der Waals surface area (Å²) in [7, 11) is 0. The summed E-state index contributed by atoms with van der Waals surface area (Å²) in [5.74, 6) is 0.161. The molecule has 4 heteroatoms. The van der Waals surface area contributed by atoms with E-state index < -0.39 is 0 Å². The van der Waals surface area contributed by atoms with E-state index in [0.717, 1.165) is 37.1 Å². The molecule has 0 spiro atoms. The van der Waals surface area contributed by atoms with Crippen LogP contribution < -0.4 is 4.90 Å². The summed E-state index contributed by atoms with van der Waals surface area (Å²) < 4.78 is 0. The molecule has 1 saturated heterocycles. The van der Waals surface area contributed by atoms with E-state index in [1.54, 1.807) is 11.8 Å². The van der Waals surface area contributed by atoms with Crippen LogP contribution in [0.3, 0.4) is 0 Å². The van der Waals surface area contributed by atoms with Crippen LogP contribution in [-0.4, -0.2) is 35.8 Å². The van der Waals surface area contributed by atoms with Gasteiger partial charge >= 0.3 is 0 Å². The molecule has 1 atom stereocenters. The number of amides is 2. The van der Waals surface area contributed by atoms with Gasteiger partial charge in [0.15, 0.2) is 0 Å². The van der Waals surface area contributed by atoms with E-state index in [1.165, 1.54) is 12.0 Å². The Morgan fingerprint density at radius 3 is 2.58 bits per heavy atom. The molecule has 1 aromatic carbocycles. The molecule has 2 amide bonds. The van der Waals surface area contributed by atoms with Gasteiger partial charge in [-0.2, -0.15) is 0 Å². The Morgan fingerprint density at radius 2 is 1.96 bits per heavy atom. The minimum Gasteiger partial charge on any atom is -0.340 e. The zero-order valence-corrected chi connectivity index (χ0v) is 15.5. The van der Waals surface area contributed by atoms with Gasteiger partial charge in [0.2, 0.25) is 11.8 Å². The molecule has 1 aliphatic heterocycles. The molecule has 2 rings (SSSR count). The number of piperidine rings is 1. The fourth-order valence-electron chi connectivity index (χ4n) is 3.47. The van der Waals surface area contributed by atoms with Gasteiger partial charge in [-0.1, -0.05) is 13.0 Å². The highest BCUT2D eigenvalue weighted by Gasteiger charge is 2.25. The smallest absolute Gasteiger partial charge is 0.224 e. The van der Waals surface area contributed by atoms with Gasteiger partial charge in [0.25, 0.3) is 0 Å². The standard InChI is InChI=1S/C20H30N2O2/c1-5-18-8-6-7-12-22(18)20(24)11-13-21(17(4)23)19-10-9-15(2)16(3)14-19/h9-10,14,18H,5-8,11-13H2,1-4H3. The molecule has 24 heavy (non-hydrogen) atoms. The summed E-state index contributed by atoms with van der Waals surface area (Å²) in [4.78, 5) is 28.4. The van der Waals surface area contributed by atoms with E-state index in [0.29, 0.717) is 19.0 Å². The van der Waals surface area contributed by atoms with Crippen molar-refractivity contribution in [2.45, 2.75) is 65.8 Å². The molecule has 4 nitrogen and oxygen atoms in total. The van der Waals surface area contributed by atoms with E-state index in [2.05, 4.69) is 13.8 Å². The highest BCUT2D eigenvalue weighted by atomic mass is 16.2. The normalized spacial score (nSPS) is 17.7. The number of anilines is 1. The van der Waals surface area contributed by atoms with Gasteiger partial charge in [-0.3, -0.25) is 9.59 Å². The molecular weight excluding hydrogens is 300 g/mol. The first-order valence-corrected chi connectivity index (χ1v) is 9.08. The monoisotopic (exact) mass is 330 g/mol. The zero-order chi connectivity index (χ0) is 17.7. The number of aryl methyl sites for hydroxylation is 2. The second kappa shape index (κ2) is 8.32. The van der Waals surface area contributed by atoms with Crippen LogP contribution in [0.25, 0.3) is 0 Å². The van der Waals surface area contributed by atoms with Crippen molar-refractivity contribution in [2.75, 3.05) is 18.0 Å². The Labute approximate surface area is 145 Å². The summed E-state index contributed by atoms with van der Waals surface area (Å²) in [6.45, 7) is 9.12. The molecule has 1 aliphatic rings. The van der Waals surface area contributed by atoms with Crippen molar-refractivity contribution in [2.24, 2.45) is 0 Å². The van der Waals surface area contributed by atoms with Gasteiger partial charge in [-0.25, -0.2) is 0 Å². The number of benzene rings is 1. The van der Waals surface area contributed by atoms with Crippen molar-refractivity contribution >= 4 is 17.5 Å². The molecule has 1 fully saturated rings. The molecule has 0 radical (unpaired) electrons. The summed E-state index contributed by atoms with van der Waals surface area (Å²) in [5, 5.41) is 0. The van der Waals surface area contributed by atoms with E-state index in [9.17, 15) is 9.59 Å². The summed E-state index contributed by atoms with van der Waals surface area (Å²) in [6.07, 6.45) is 4.82. The van der Waals surface area contributed by atoms with Gasteiger partial charge in [0.05, 0.1) is 0 Å². The van der Waals surface area contributed by atoms with Gasteiger partial charge in [-0.15, -0.1) is 0 Å². The number of carbonyl (C=O) groups is 2. The van der Waals surface area contributed by atoms with Crippen LogP contribution in [0.1, 0.15) is 57.1 Å². The van der Waals surface area contributed by atoms with Crippen molar-refractivity contribution < 1.29 is 9.59 Å². The maximum absolute atomic E-state index is 12.6. The Balaban J connectivity index is 2.04. The second-order valence-corrected chi connectivity index (χ2v) is 6.83. The zero-order valence-electron chi connectivity index (χ0n) is 15.5. The number of carbonyl (C=O) groups excluding carboxylic acids is 2. The predicted octanol–water partition coefficient (Wildman–Crippen LogP) is 3.84. The van der Waals surface area contributed by atoms with Gasteiger partial charge < -0.3 is 9.80 Å². The van der Waals surface area contributed by atoms with Crippen molar-refractivity contribution in [3.05, 3.63) is 29.3 Å². The lowest BCUT2D eigenvalue weighted by molar-refractivity contribution is -0.134. The summed E-state index contributed by atoms with van der Waals surface area (Å²) >= 11 is 0. The third kappa shape index (κ3) is 4.37. The second-order valence-electron chi connectivity index (χ2n) is 6.83. The lowest BCUT2D eigenvalue weighted by Gasteiger charge is -2.36. The molecule has 0 saturated carbocycles. The number of hydrogen-bond donors (Lipinski definition) is 0. The van der Waals surface area contributed by atoms with Crippen molar-refractivity contribution in [1.82, 2.24) is 4.90 Å². The fraction of sp³-hybridized carbons (Fsp3) is 0.600. The largest absolute Gasteiger partial charge is 0.340 e. The Kier molecular flexibility index (Phi) is 6.41. The quantitative estimate of drug-likeness (QED) is 0.823. The maximum atomic E-state index is 12.6. The fourth-order valence-corrected chi connectivity index (χ4v) is 3.47. The third-order valence-electron chi connectivity index (χ3n) is 5.15. The van der Waals surface area contributed by atoms with E-state index >= 15 is 0 Å². The number of hydrogen-bond acceptors (Lipinski definition) is 2. The predicted molar refractivity (Wildman–Crippen MR) is 98.2 cm³/mol. The van der Waals surface area contributed by atoms with Crippen molar-refractivity contribution in [3.8, 4) is 0 Å². The van der Waals surface area contributed by atoms with Crippen LogP contribution in [0.2, 0.25) is 0 Å². The first-order valence-electron chi connectivity index (χ1n) is 9.08. The molecule has 0 N–H and O–H groups in total. The highest BCUT2D eigenvalue weighted by Crippen LogP contribution is 2.22. The van der Waals surface area contributed by atoms with Crippen LogP contribution in [-0.2, 0) is 9.59 Å². The van der Waals surface area contributed by atoms with Gasteiger partial charge in [0.1, 0.15) is 0 Å². The number of likely N-dealkylation sites (tertiary alicyclic amines) is 1. The van der Waals surface area contributed by atoms with E-state index in [4.69, 9.17) is 0 Å². The lowest BCUT2D eigenvalue weighted by Crippen LogP contribution is -2.44. The highest BCUT2D eigenvalue weighted by molar-refractivity contribution is 5.92. The number of nitrogens with zero attached hydrogens (tertiary/aromatic N) is 2.